The molecule has 1 aromatic heterocycles. The number of ether oxygens (including phenoxy) is 1. The molecule has 0 aliphatic carbocycles. The van der Waals surface area contributed by atoms with Crippen molar-refractivity contribution in [2.24, 2.45) is 0 Å². The molecule has 3 aromatic rings. The number of hydrogen-bond donors (Lipinski definition) is 2. The van der Waals surface area contributed by atoms with E-state index in [9.17, 15) is 18.0 Å². The molecule has 27 heavy (non-hydrogen) atoms. The van der Waals surface area contributed by atoms with E-state index in [1.54, 1.807) is 31.2 Å². The molecular weight excluding hydrogens is 372 g/mol. The summed E-state index contributed by atoms with van der Waals surface area (Å²) in [6, 6.07) is 12.6. The average molecular weight is 388 g/mol. The monoisotopic (exact) mass is 388 g/mol. The highest BCUT2D eigenvalue weighted by atomic mass is 32.2. The van der Waals surface area contributed by atoms with Crippen LogP contribution in [0.3, 0.4) is 0 Å². The van der Waals surface area contributed by atoms with Gasteiger partial charge in [-0.2, -0.15) is 0 Å². The van der Waals surface area contributed by atoms with Gasteiger partial charge >= 0.3 is 11.9 Å². The largest absolute Gasteiger partial charge is 0.465 e. The van der Waals surface area contributed by atoms with Crippen molar-refractivity contribution in [3.63, 3.8) is 0 Å². The summed E-state index contributed by atoms with van der Waals surface area (Å²) in [6.07, 6.45) is 0. The molecule has 1 heterocycles. The van der Waals surface area contributed by atoms with Crippen molar-refractivity contribution in [3.8, 4) is 0 Å². The van der Waals surface area contributed by atoms with Gasteiger partial charge in [-0.3, -0.25) is 10.2 Å². The van der Waals surface area contributed by atoms with E-state index in [-0.39, 0.29) is 16.2 Å². The number of para-hydroxylation sites is 1. The van der Waals surface area contributed by atoms with Crippen molar-refractivity contribution in [2.75, 3.05) is 7.11 Å². The van der Waals surface area contributed by atoms with Crippen molar-refractivity contribution in [1.82, 2.24) is 10.3 Å². The molecule has 0 aliphatic heterocycles. The number of carbonyl (C=O) groups is 2. The maximum atomic E-state index is 12.5. The number of furan rings is 1. The van der Waals surface area contributed by atoms with Crippen molar-refractivity contribution in [1.29, 1.82) is 0 Å². The normalized spacial score (nSPS) is 11.3. The number of fused-ring (bicyclic) bond motifs is 1. The highest BCUT2D eigenvalue weighted by molar-refractivity contribution is 7.89. The molecule has 3 rings (SSSR count). The third-order valence-corrected chi connectivity index (χ3v) is 5.24. The Kier molecular flexibility index (Phi) is 4.98. The van der Waals surface area contributed by atoms with E-state index in [0.717, 1.165) is 12.5 Å². The topological polar surface area (TPSA) is 115 Å². The van der Waals surface area contributed by atoms with Gasteiger partial charge in [-0.15, -0.1) is 4.83 Å². The zero-order valence-electron chi connectivity index (χ0n) is 14.5. The van der Waals surface area contributed by atoms with Gasteiger partial charge in [0.1, 0.15) is 5.58 Å². The molecule has 2 aromatic carbocycles. The number of benzene rings is 2. The summed E-state index contributed by atoms with van der Waals surface area (Å²) in [5, 5.41) is 0.751. The standard InChI is InChI=1S/C18H16N2O6S/c1-11-12-7-3-5-9-14(12)26-16(11)17(21)19-20-27(23,24)15-10-6-4-8-13(15)18(22)25-2/h3-10,20H,1-2H3,(H,19,21). The van der Waals surface area contributed by atoms with Crippen molar-refractivity contribution in [3.05, 3.63) is 65.4 Å². The molecule has 0 spiro atoms. The van der Waals surface area contributed by atoms with Gasteiger partial charge in [0.25, 0.3) is 10.0 Å². The molecule has 0 saturated heterocycles. The predicted molar refractivity (Wildman–Crippen MR) is 96.5 cm³/mol. The number of carbonyl (C=O) groups excluding carboxylic acids is 2. The Morgan fingerprint density at radius 1 is 1.04 bits per heavy atom. The Morgan fingerprint density at radius 2 is 1.70 bits per heavy atom. The van der Waals surface area contributed by atoms with Crippen LogP contribution >= 0.6 is 0 Å². The summed E-state index contributed by atoms with van der Waals surface area (Å²) < 4.78 is 35.1. The van der Waals surface area contributed by atoms with Crippen LogP contribution in [-0.2, 0) is 14.8 Å². The quantitative estimate of drug-likeness (QED) is 0.511. The third-order valence-electron chi connectivity index (χ3n) is 3.93. The first kappa shape index (κ1) is 18.6. The Bertz CT molecular complexity index is 1130. The first-order chi connectivity index (χ1) is 12.8. The Labute approximate surface area is 155 Å². The summed E-state index contributed by atoms with van der Waals surface area (Å²) in [7, 11) is -3.07. The fourth-order valence-corrected chi connectivity index (χ4v) is 3.63. The van der Waals surface area contributed by atoms with Gasteiger partial charge in [0.05, 0.1) is 17.6 Å². The first-order valence-electron chi connectivity index (χ1n) is 7.83. The zero-order chi connectivity index (χ0) is 19.6. The van der Waals surface area contributed by atoms with Crippen LogP contribution in [0.15, 0.2) is 57.8 Å². The van der Waals surface area contributed by atoms with Crippen LogP contribution in [0, 0.1) is 6.92 Å². The molecule has 8 nitrogen and oxygen atoms in total. The van der Waals surface area contributed by atoms with Crippen LogP contribution in [0.2, 0.25) is 0 Å². The molecule has 9 heteroatoms. The van der Waals surface area contributed by atoms with E-state index in [2.05, 4.69) is 10.2 Å². The second kappa shape index (κ2) is 7.22. The highest BCUT2D eigenvalue weighted by Gasteiger charge is 2.24. The maximum absolute atomic E-state index is 12.5. The second-order valence-electron chi connectivity index (χ2n) is 5.60. The molecule has 1 amide bonds. The Hall–Kier alpha value is -3.17. The predicted octanol–water partition coefficient (Wildman–Crippen LogP) is 2.15. The van der Waals surface area contributed by atoms with Crippen LogP contribution in [0.1, 0.15) is 26.5 Å². The number of hydrogen-bond acceptors (Lipinski definition) is 6. The summed E-state index contributed by atoms with van der Waals surface area (Å²) in [4.78, 5) is 25.8. The number of hydrazine groups is 1. The van der Waals surface area contributed by atoms with E-state index in [1.807, 2.05) is 4.83 Å². The van der Waals surface area contributed by atoms with E-state index in [4.69, 9.17) is 4.42 Å². The summed E-state index contributed by atoms with van der Waals surface area (Å²) in [5.74, 6) is -1.58. The number of sulfonamides is 1. The lowest BCUT2D eigenvalue weighted by atomic mass is 10.1. The molecule has 140 valence electrons. The minimum Gasteiger partial charge on any atom is -0.465 e. The third kappa shape index (κ3) is 3.55. The lowest BCUT2D eigenvalue weighted by Gasteiger charge is -2.10. The van der Waals surface area contributed by atoms with Gasteiger partial charge in [0.2, 0.25) is 0 Å². The zero-order valence-corrected chi connectivity index (χ0v) is 15.3. The molecule has 0 bridgehead atoms. The van der Waals surface area contributed by atoms with E-state index < -0.39 is 21.9 Å². The molecule has 0 radical (unpaired) electrons. The number of esters is 1. The van der Waals surface area contributed by atoms with Crippen LogP contribution in [0.4, 0.5) is 0 Å². The SMILES string of the molecule is COC(=O)c1ccccc1S(=O)(=O)NNC(=O)c1oc2ccccc2c1C. The fourth-order valence-electron chi connectivity index (χ4n) is 2.60. The molecule has 0 atom stereocenters. The average Bonchev–Trinajstić information content (AvgIpc) is 3.02. The van der Waals surface area contributed by atoms with E-state index >= 15 is 0 Å². The summed E-state index contributed by atoms with van der Waals surface area (Å²) in [6.45, 7) is 1.70. The lowest BCUT2D eigenvalue weighted by molar-refractivity contribution is 0.0596. The Balaban J connectivity index is 1.84. The molecule has 0 saturated carbocycles. The summed E-state index contributed by atoms with van der Waals surface area (Å²) in [5.41, 5.74) is 3.04. The smallest absolute Gasteiger partial charge is 0.339 e. The second-order valence-corrected chi connectivity index (χ2v) is 7.25. The minimum atomic E-state index is -4.22. The van der Waals surface area contributed by atoms with Crippen molar-refractivity contribution < 1.29 is 27.2 Å². The molecule has 0 fully saturated rings. The fraction of sp³-hybridized carbons (Fsp3) is 0.111. The van der Waals surface area contributed by atoms with Gasteiger partial charge in [0, 0.05) is 10.9 Å². The van der Waals surface area contributed by atoms with Crippen LogP contribution in [0.25, 0.3) is 11.0 Å². The van der Waals surface area contributed by atoms with Gasteiger partial charge in [-0.25, -0.2) is 13.2 Å². The number of amides is 1. The highest BCUT2D eigenvalue weighted by Crippen LogP contribution is 2.24. The first-order valence-corrected chi connectivity index (χ1v) is 9.31. The van der Waals surface area contributed by atoms with Crippen LogP contribution in [-0.4, -0.2) is 27.4 Å². The van der Waals surface area contributed by atoms with Gasteiger partial charge in [0.15, 0.2) is 5.76 Å². The van der Waals surface area contributed by atoms with Gasteiger partial charge < -0.3 is 9.15 Å². The molecule has 0 aliphatic rings. The number of aryl methyl sites for hydroxylation is 1. The summed E-state index contributed by atoms with van der Waals surface area (Å²) >= 11 is 0. The molecule has 2 N–H and O–H groups in total. The minimum absolute atomic E-state index is 0.0137. The van der Waals surface area contributed by atoms with E-state index in [0.29, 0.717) is 11.1 Å². The number of methoxy groups -OCH3 is 1. The molecule has 0 unspecified atom stereocenters. The maximum Gasteiger partial charge on any atom is 0.339 e. The molecular formula is C18H16N2O6S. The number of nitrogens with one attached hydrogen (secondary N) is 2. The van der Waals surface area contributed by atoms with Gasteiger partial charge in [-0.05, 0) is 25.1 Å². The van der Waals surface area contributed by atoms with Crippen LogP contribution < -0.4 is 10.3 Å². The number of rotatable bonds is 5. The van der Waals surface area contributed by atoms with Crippen molar-refractivity contribution >= 4 is 32.9 Å². The van der Waals surface area contributed by atoms with Gasteiger partial charge in [-0.1, -0.05) is 30.3 Å². The van der Waals surface area contributed by atoms with Crippen molar-refractivity contribution in [2.45, 2.75) is 11.8 Å². The Morgan fingerprint density at radius 3 is 2.41 bits per heavy atom. The van der Waals surface area contributed by atoms with Crippen LogP contribution in [0.5, 0.6) is 0 Å². The van der Waals surface area contributed by atoms with E-state index in [1.165, 1.54) is 24.3 Å². The lowest BCUT2D eigenvalue weighted by Crippen LogP contribution is -2.42.